The average molecular weight is 252 g/mol. The Kier molecular flexibility index (Phi) is 6.10. The van der Waals surface area contributed by atoms with Gasteiger partial charge >= 0.3 is 0 Å². The second-order valence-corrected chi connectivity index (χ2v) is 4.02. The van der Waals surface area contributed by atoms with E-state index >= 15 is 0 Å². The summed E-state index contributed by atoms with van der Waals surface area (Å²) in [5.74, 6) is 0.272. The smallest absolute Gasteiger partial charge is 0.250 e. The molecule has 100 valence electrons. The first-order chi connectivity index (χ1) is 8.63. The fraction of sp³-hybridized carbons (Fsp3) is 0.500. The van der Waals surface area contributed by atoms with Crippen LogP contribution in [0.15, 0.2) is 18.3 Å². The van der Waals surface area contributed by atoms with Crippen molar-refractivity contribution in [1.29, 1.82) is 0 Å². The van der Waals surface area contributed by atoms with Crippen molar-refractivity contribution in [2.45, 2.75) is 0 Å². The van der Waals surface area contributed by atoms with Crippen molar-refractivity contribution < 1.29 is 9.53 Å². The van der Waals surface area contributed by atoms with Crippen molar-refractivity contribution in [2.24, 2.45) is 5.73 Å². The minimum atomic E-state index is -0.464. The Balaban J connectivity index is 2.29. The Bertz CT molecular complexity index is 367. The molecule has 0 aliphatic carbocycles. The van der Waals surface area contributed by atoms with Crippen LogP contribution < -0.4 is 11.1 Å². The molecule has 0 aliphatic heterocycles. The van der Waals surface area contributed by atoms with Gasteiger partial charge in [0.05, 0.1) is 12.2 Å². The highest BCUT2D eigenvalue weighted by atomic mass is 16.5. The van der Waals surface area contributed by atoms with Crippen LogP contribution in [-0.4, -0.2) is 56.2 Å². The molecule has 3 N–H and O–H groups in total. The third kappa shape index (κ3) is 5.11. The molecule has 0 spiro atoms. The number of nitrogens with two attached hydrogens (primary N) is 1. The molecule has 1 heterocycles. The molecule has 6 nitrogen and oxygen atoms in total. The number of hydrogen-bond donors (Lipinski definition) is 2. The number of aromatic nitrogens is 1. The highest BCUT2D eigenvalue weighted by molar-refractivity contribution is 5.92. The van der Waals surface area contributed by atoms with Gasteiger partial charge in [-0.05, 0) is 19.2 Å². The minimum Gasteiger partial charge on any atom is -0.383 e. The Morgan fingerprint density at radius 2 is 2.28 bits per heavy atom. The Hall–Kier alpha value is -1.66. The van der Waals surface area contributed by atoms with E-state index in [2.05, 4.69) is 15.2 Å². The van der Waals surface area contributed by atoms with Crippen LogP contribution in [0.4, 0.5) is 5.82 Å². The molecule has 0 radical (unpaired) electrons. The van der Waals surface area contributed by atoms with Crippen LogP contribution in [0.3, 0.4) is 0 Å². The molecule has 0 atom stereocenters. The Labute approximate surface area is 107 Å². The van der Waals surface area contributed by atoms with Crippen molar-refractivity contribution in [1.82, 2.24) is 9.88 Å². The molecule has 1 aromatic heterocycles. The number of methoxy groups -OCH3 is 1. The van der Waals surface area contributed by atoms with E-state index in [9.17, 15) is 4.79 Å². The van der Waals surface area contributed by atoms with Gasteiger partial charge in [-0.15, -0.1) is 0 Å². The number of primary amides is 1. The molecule has 0 saturated heterocycles. The van der Waals surface area contributed by atoms with Crippen LogP contribution in [0.5, 0.6) is 0 Å². The first kappa shape index (κ1) is 14.4. The lowest BCUT2D eigenvalue weighted by molar-refractivity contribution is 0.1000. The van der Waals surface area contributed by atoms with Gasteiger partial charge in [-0.25, -0.2) is 4.98 Å². The van der Waals surface area contributed by atoms with Crippen molar-refractivity contribution in [3.63, 3.8) is 0 Å². The maximum atomic E-state index is 10.9. The van der Waals surface area contributed by atoms with E-state index in [0.29, 0.717) is 5.56 Å². The molecule has 0 aromatic carbocycles. The van der Waals surface area contributed by atoms with E-state index < -0.39 is 5.91 Å². The van der Waals surface area contributed by atoms with E-state index in [1.54, 1.807) is 19.2 Å². The summed E-state index contributed by atoms with van der Waals surface area (Å²) in [6.45, 7) is 3.29. The van der Waals surface area contributed by atoms with Crippen molar-refractivity contribution in [3.05, 3.63) is 23.9 Å². The van der Waals surface area contributed by atoms with Gasteiger partial charge in [0.2, 0.25) is 5.91 Å². The number of amides is 1. The number of anilines is 1. The molecule has 1 aromatic rings. The molecule has 0 bridgehead atoms. The summed E-state index contributed by atoms with van der Waals surface area (Å²) in [7, 11) is 3.72. The maximum Gasteiger partial charge on any atom is 0.250 e. The van der Waals surface area contributed by atoms with Gasteiger partial charge in [0.25, 0.3) is 0 Å². The summed E-state index contributed by atoms with van der Waals surface area (Å²) in [6.07, 6.45) is 1.47. The van der Waals surface area contributed by atoms with Crippen LogP contribution in [0.2, 0.25) is 0 Å². The van der Waals surface area contributed by atoms with Crippen LogP contribution in [-0.2, 0) is 4.74 Å². The highest BCUT2D eigenvalue weighted by Crippen LogP contribution is 2.03. The molecule has 1 rings (SSSR count). The normalized spacial score (nSPS) is 10.6. The zero-order chi connectivity index (χ0) is 13.4. The zero-order valence-corrected chi connectivity index (χ0v) is 10.8. The number of likely N-dealkylation sites (N-methyl/N-ethyl adjacent to an activating group) is 1. The SMILES string of the molecule is COCCN(C)CCNc1ccc(C(N)=O)cn1. The van der Waals surface area contributed by atoms with E-state index in [-0.39, 0.29) is 0 Å². The van der Waals surface area contributed by atoms with Crippen LogP contribution >= 0.6 is 0 Å². The fourth-order valence-electron chi connectivity index (χ4n) is 1.38. The third-order valence-corrected chi connectivity index (χ3v) is 2.52. The molecule has 0 aliphatic rings. The number of nitrogens with one attached hydrogen (secondary N) is 1. The molecular formula is C12H20N4O2. The number of nitrogens with zero attached hydrogens (tertiary/aromatic N) is 2. The zero-order valence-electron chi connectivity index (χ0n) is 10.8. The van der Waals surface area contributed by atoms with Crippen molar-refractivity contribution >= 4 is 11.7 Å². The Morgan fingerprint density at radius 3 is 2.83 bits per heavy atom. The van der Waals surface area contributed by atoms with Crippen LogP contribution in [0.1, 0.15) is 10.4 Å². The first-order valence-electron chi connectivity index (χ1n) is 5.80. The van der Waals surface area contributed by atoms with E-state index in [4.69, 9.17) is 10.5 Å². The summed E-state index contributed by atoms with van der Waals surface area (Å²) in [4.78, 5) is 17.1. The number of carbonyl (C=O) groups is 1. The van der Waals surface area contributed by atoms with Crippen LogP contribution in [0.25, 0.3) is 0 Å². The van der Waals surface area contributed by atoms with Crippen molar-refractivity contribution in [3.8, 4) is 0 Å². The van der Waals surface area contributed by atoms with Gasteiger partial charge in [-0.3, -0.25) is 4.79 Å². The maximum absolute atomic E-state index is 10.9. The van der Waals surface area contributed by atoms with E-state index in [1.807, 2.05) is 7.05 Å². The second-order valence-electron chi connectivity index (χ2n) is 4.02. The lowest BCUT2D eigenvalue weighted by Crippen LogP contribution is -2.28. The van der Waals surface area contributed by atoms with E-state index in [1.165, 1.54) is 6.20 Å². The lowest BCUT2D eigenvalue weighted by Gasteiger charge is -2.16. The van der Waals surface area contributed by atoms with Gasteiger partial charge in [0.1, 0.15) is 5.82 Å². The molecule has 6 heteroatoms. The van der Waals surface area contributed by atoms with Gasteiger partial charge in [0.15, 0.2) is 0 Å². The number of ether oxygens (including phenoxy) is 1. The third-order valence-electron chi connectivity index (χ3n) is 2.52. The standard InChI is InChI=1S/C12H20N4O2/c1-16(7-8-18-2)6-5-14-11-4-3-10(9-15-11)12(13)17/h3-4,9H,5-8H2,1-2H3,(H2,13,17)(H,14,15). The number of pyridine rings is 1. The molecule has 18 heavy (non-hydrogen) atoms. The largest absolute Gasteiger partial charge is 0.383 e. The molecule has 0 unspecified atom stereocenters. The second kappa shape index (κ2) is 7.62. The summed E-state index contributed by atoms with van der Waals surface area (Å²) in [5.41, 5.74) is 5.55. The van der Waals surface area contributed by atoms with Gasteiger partial charge in [-0.2, -0.15) is 0 Å². The lowest BCUT2D eigenvalue weighted by atomic mass is 10.3. The number of hydrogen-bond acceptors (Lipinski definition) is 5. The van der Waals surface area contributed by atoms with E-state index in [0.717, 1.165) is 32.1 Å². The monoisotopic (exact) mass is 252 g/mol. The Morgan fingerprint density at radius 1 is 1.50 bits per heavy atom. The minimum absolute atomic E-state index is 0.415. The highest BCUT2D eigenvalue weighted by Gasteiger charge is 2.01. The topological polar surface area (TPSA) is 80.5 Å². The number of rotatable bonds is 8. The molecular weight excluding hydrogens is 232 g/mol. The number of carbonyl (C=O) groups excluding carboxylic acids is 1. The van der Waals surface area contributed by atoms with Gasteiger partial charge in [-0.1, -0.05) is 0 Å². The summed E-state index contributed by atoms with van der Waals surface area (Å²) >= 11 is 0. The summed E-state index contributed by atoms with van der Waals surface area (Å²) in [5, 5.41) is 3.17. The average Bonchev–Trinajstić information content (AvgIpc) is 2.37. The summed E-state index contributed by atoms with van der Waals surface area (Å²) in [6, 6.07) is 3.40. The quantitative estimate of drug-likeness (QED) is 0.689. The predicted molar refractivity (Wildman–Crippen MR) is 70.6 cm³/mol. The van der Waals surface area contributed by atoms with Gasteiger partial charge < -0.3 is 20.7 Å². The molecule has 0 saturated carbocycles. The molecule has 0 fully saturated rings. The molecule has 1 amide bonds. The fourth-order valence-corrected chi connectivity index (χ4v) is 1.38. The van der Waals surface area contributed by atoms with Crippen molar-refractivity contribution in [2.75, 3.05) is 45.7 Å². The van der Waals surface area contributed by atoms with Crippen LogP contribution in [0, 0.1) is 0 Å². The predicted octanol–water partition coefficient (Wildman–Crippen LogP) is 0.171. The summed E-state index contributed by atoms with van der Waals surface area (Å²) < 4.78 is 4.99. The van der Waals surface area contributed by atoms with Gasteiger partial charge in [0, 0.05) is 32.9 Å². The first-order valence-corrected chi connectivity index (χ1v) is 5.80.